The molecule has 1 N–H and O–H groups in total. The highest BCUT2D eigenvalue weighted by Crippen LogP contribution is 2.36. The number of aromatic nitrogens is 1. The van der Waals surface area contributed by atoms with Gasteiger partial charge in [0.1, 0.15) is 0 Å². The molecule has 25 heavy (non-hydrogen) atoms. The Morgan fingerprint density at radius 2 is 1.76 bits per heavy atom. The zero-order chi connectivity index (χ0) is 19.2. The van der Waals surface area contributed by atoms with Gasteiger partial charge in [0.05, 0.1) is 11.2 Å². The van der Waals surface area contributed by atoms with Gasteiger partial charge in [-0.2, -0.15) is 0 Å². The fraction of sp³-hybridized carbons (Fsp3) is 0.667. The van der Waals surface area contributed by atoms with Gasteiger partial charge in [-0.05, 0) is 66.0 Å². The Morgan fingerprint density at radius 1 is 1.24 bits per heavy atom. The fourth-order valence-corrected chi connectivity index (χ4v) is 2.82. The van der Waals surface area contributed by atoms with Crippen molar-refractivity contribution in [3.63, 3.8) is 0 Å². The van der Waals surface area contributed by atoms with E-state index in [-0.39, 0.29) is 0 Å². The third-order valence-corrected chi connectivity index (χ3v) is 5.68. The Balaban J connectivity index is 2.31. The van der Waals surface area contributed by atoms with Gasteiger partial charge >= 0.3 is 13.2 Å². The molecule has 2 heterocycles. The first-order valence-electron chi connectivity index (χ1n) is 8.54. The lowest BCUT2D eigenvalue weighted by atomic mass is 9.75. The summed E-state index contributed by atoms with van der Waals surface area (Å²) < 4.78 is 12.3. The Morgan fingerprint density at radius 3 is 2.24 bits per heavy atom. The molecule has 1 aromatic rings. The van der Waals surface area contributed by atoms with E-state index in [2.05, 4.69) is 4.98 Å². The van der Waals surface area contributed by atoms with Crippen LogP contribution in [0.1, 0.15) is 52.7 Å². The third kappa shape index (κ3) is 3.67. The first kappa shape index (κ1) is 19.7. The average Bonchev–Trinajstić information content (AvgIpc) is 2.68. The van der Waals surface area contributed by atoms with E-state index in [1.165, 1.54) is 4.90 Å². The summed E-state index contributed by atoms with van der Waals surface area (Å²) in [5.74, 6) is 0. The van der Waals surface area contributed by atoms with Crippen LogP contribution < -0.4 is 5.46 Å². The molecule has 6 nitrogen and oxygen atoms in total. The Hall–Kier alpha value is -1.60. The molecule has 0 aliphatic carbocycles. The standard InChI is InChI=1S/C18H29BN2O4/c1-12-13(9-16(2,3)21(8)15(22)23)10-20-11-14(12)19-24-17(4,5)18(6,7)25-19/h10-11H,9H2,1-8H3,(H,22,23). The first-order chi connectivity index (χ1) is 11.3. The van der Waals surface area contributed by atoms with E-state index in [1.807, 2.05) is 48.5 Å². The molecule has 0 radical (unpaired) electrons. The van der Waals surface area contributed by atoms with Crippen molar-refractivity contribution in [2.45, 2.75) is 71.6 Å². The second kappa shape index (κ2) is 6.29. The number of amides is 1. The number of nitrogens with zero attached hydrogens (tertiary/aromatic N) is 2. The monoisotopic (exact) mass is 348 g/mol. The van der Waals surface area contributed by atoms with Crippen LogP contribution in [0.4, 0.5) is 4.79 Å². The van der Waals surface area contributed by atoms with E-state index in [0.29, 0.717) is 6.42 Å². The summed E-state index contributed by atoms with van der Waals surface area (Å²) in [5, 5.41) is 9.28. The number of carboxylic acid groups (broad SMARTS) is 1. The summed E-state index contributed by atoms with van der Waals surface area (Å²) >= 11 is 0. The maximum absolute atomic E-state index is 11.3. The Kier molecular flexibility index (Phi) is 4.96. The molecule has 0 saturated carbocycles. The van der Waals surface area contributed by atoms with Gasteiger partial charge < -0.3 is 19.3 Å². The predicted molar refractivity (Wildman–Crippen MR) is 98.3 cm³/mol. The molecule has 1 aromatic heterocycles. The normalized spacial score (nSPS) is 19.1. The van der Waals surface area contributed by atoms with Crippen LogP contribution in [0, 0.1) is 6.92 Å². The zero-order valence-electron chi connectivity index (χ0n) is 16.5. The van der Waals surface area contributed by atoms with Crippen LogP contribution >= 0.6 is 0 Å². The Bertz CT molecular complexity index is 657. The van der Waals surface area contributed by atoms with Gasteiger partial charge in [0, 0.05) is 30.4 Å². The largest absolute Gasteiger partial charge is 0.496 e. The first-order valence-corrected chi connectivity index (χ1v) is 8.54. The van der Waals surface area contributed by atoms with Crippen molar-refractivity contribution in [1.29, 1.82) is 0 Å². The van der Waals surface area contributed by atoms with Gasteiger partial charge in [0.15, 0.2) is 0 Å². The van der Waals surface area contributed by atoms with Crippen LogP contribution in [-0.4, -0.2) is 52.0 Å². The SMILES string of the molecule is Cc1c(CC(C)(C)N(C)C(=O)O)cncc1B1OC(C)(C)C(C)(C)O1. The second-order valence-corrected chi connectivity index (χ2v) is 8.43. The third-order valence-electron chi connectivity index (χ3n) is 5.68. The number of likely N-dealkylation sites (N-methyl/N-ethyl adjacent to an activating group) is 1. The van der Waals surface area contributed by atoms with Gasteiger partial charge in [-0.25, -0.2) is 4.79 Å². The summed E-state index contributed by atoms with van der Waals surface area (Å²) in [5.41, 5.74) is 1.54. The quantitative estimate of drug-likeness (QED) is 0.847. The lowest BCUT2D eigenvalue weighted by Gasteiger charge is -2.34. The van der Waals surface area contributed by atoms with Gasteiger partial charge in [-0.1, -0.05) is 0 Å². The number of rotatable bonds is 4. The van der Waals surface area contributed by atoms with Crippen LogP contribution in [0.15, 0.2) is 12.4 Å². The molecule has 1 saturated heterocycles. The highest BCUT2D eigenvalue weighted by atomic mass is 16.7. The van der Waals surface area contributed by atoms with Gasteiger partial charge in [-0.3, -0.25) is 4.98 Å². The van der Waals surface area contributed by atoms with Crippen LogP contribution in [0.5, 0.6) is 0 Å². The minimum atomic E-state index is -0.947. The molecule has 138 valence electrons. The lowest BCUT2D eigenvalue weighted by molar-refractivity contribution is 0.00578. The van der Waals surface area contributed by atoms with Gasteiger partial charge in [0.2, 0.25) is 0 Å². The summed E-state index contributed by atoms with van der Waals surface area (Å²) in [6.07, 6.45) is 3.18. The minimum absolute atomic E-state index is 0.414. The topological polar surface area (TPSA) is 71.9 Å². The van der Waals surface area contributed by atoms with Crippen molar-refractivity contribution in [3.05, 3.63) is 23.5 Å². The molecule has 0 bridgehead atoms. The van der Waals surface area contributed by atoms with E-state index in [9.17, 15) is 9.90 Å². The molecular weight excluding hydrogens is 319 g/mol. The smallest absolute Gasteiger partial charge is 0.465 e. The van der Waals surface area contributed by atoms with Crippen molar-refractivity contribution in [1.82, 2.24) is 9.88 Å². The zero-order valence-corrected chi connectivity index (χ0v) is 16.5. The lowest BCUT2D eigenvalue weighted by Crippen LogP contribution is -2.46. The average molecular weight is 348 g/mol. The van der Waals surface area contributed by atoms with Crippen molar-refractivity contribution >= 4 is 18.7 Å². The van der Waals surface area contributed by atoms with E-state index >= 15 is 0 Å². The van der Waals surface area contributed by atoms with Crippen LogP contribution in [-0.2, 0) is 15.7 Å². The van der Waals surface area contributed by atoms with E-state index in [0.717, 1.165) is 16.6 Å². The molecule has 0 unspecified atom stereocenters. The molecule has 0 atom stereocenters. The molecule has 0 spiro atoms. The number of pyridine rings is 1. The van der Waals surface area contributed by atoms with Crippen molar-refractivity contribution in [2.75, 3.05) is 7.05 Å². The molecular formula is C18H29BN2O4. The molecule has 0 aromatic carbocycles. The van der Waals surface area contributed by atoms with Gasteiger partial charge in [0.25, 0.3) is 0 Å². The number of hydrogen-bond acceptors (Lipinski definition) is 4. The summed E-state index contributed by atoms with van der Waals surface area (Å²) in [6.45, 7) is 13.9. The summed E-state index contributed by atoms with van der Waals surface area (Å²) in [4.78, 5) is 17.0. The summed E-state index contributed by atoms with van der Waals surface area (Å²) in [6, 6.07) is 0. The number of hydrogen-bond donors (Lipinski definition) is 1. The van der Waals surface area contributed by atoms with Crippen LogP contribution in [0.3, 0.4) is 0 Å². The summed E-state index contributed by atoms with van der Waals surface area (Å²) in [7, 11) is 1.11. The second-order valence-electron chi connectivity index (χ2n) is 8.43. The molecule has 1 aliphatic rings. The molecule has 7 heteroatoms. The predicted octanol–water partition coefficient (Wildman–Crippen LogP) is 2.62. The van der Waals surface area contributed by atoms with Crippen molar-refractivity contribution in [3.8, 4) is 0 Å². The maximum atomic E-state index is 11.3. The highest BCUT2D eigenvalue weighted by Gasteiger charge is 2.52. The molecule has 1 amide bonds. The maximum Gasteiger partial charge on any atom is 0.496 e. The van der Waals surface area contributed by atoms with Crippen LogP contribution in [0.25, 0.3) is 0 Å². The highest BCUT2D eigenvalue weighted by molar-refractivity contribution is 6.62. The number of carbonyl (C=O) groups is 1. The van der Waals surface area contributed by atoms with E-state index in [1.54, 1.807) is 19.4 Å². The fourth-order valence-electron chi connectivity index (χ4n) is 2.82. The minimum Gasteiger partial charge on any atom is -0.465 e. The van der Waals surface area contributed by atoms with Crippen molar-refractivity contribution in [2.24, 2.45) is 0 Å². The Labute approximate surface area is 150 Å². The van der Waals surface area contributed by atoms with Crippen LogP contribution in [0.2, 0.25) is 0 Å². The molecule has 1 fully saturated rings. The molecule has 2 rings (SSSR count). The molecule has 1 aliphatic heterocycles. The van der Waals surface area contributed by atoms with E-state index in [4.69, 9.17) is 9.31 Å². The van der Waals surface area contributed by atoms with Gasteiger partial charge in [-0.15, -0.1) is 0 Å². The van der Waals surface area contributed by atoms with Crippen molar-refractivity contribution < 1.29 is 19.2 Å². The van der Waals surface area contributed by atoms with E-state index < -0.39 is 30.0 Å².